The van der Waals surface area contributed by atoms with Crippen LogP contribution in [-0.4, -0.2) is 4.57 Å². The molecule has 3 nitrogen and oxygen atoms in total. The van der Waals surface area contributed by atoms with Crippen molar-refractivity contribution in [2.75, 3.05) is 0 Å². The van der Waals surface area contributed by atoms with E-state index in [-0.39, 0.29) is 23.0 Å². The van der Waals surface area contributed by atoms with Gasteiger partial charge in [-0.1, -0.05) is 13.3 Å². The lowest BCUT2D eigenvalue weighted by atomic mass is 10.3. The molecule has 1 unspecified atom stereocenters. The van der Waals surface area contributed by atoms with Gasteiger partial charge in [-0.25, -0.2) is 9.13 Å². The molecule has 1 heterocycles. The number of aromatic nitrogens is 2. The molecule has 0 N–H and O–H groups in total. The molecular weight excluding hydrogens is 242 g/mol. The van der Waals surface area contributed by atoms with Gasteiger partial charge in [0.25, 0.3) is 0 Å². The van der Waals surface area contributed by atoms with E-state index in [4.69, 9.17) is 5.26 Å². The van der Waals surface area contributed by atoms with Crippen LogP contribution in [0.5, 0.6) is 0 Å². The standard InChI is InChI=1S/C10H16N3.BrH/c1-3-4-5-12-6-7-13(9-12)10(2)8-11;/h6-7,9-10H,3-5H2,1-2H3;1H/q+1;/p-1. The average molecular weight is 258 g/mol. The number of unbranched alkanes of at least 4 members (excludes halogenated alkanes) is 1. The van der Waals surface area contributed by atoms with Gasteiger partial charge in [-0.05, 0) is 13.3 Å². The quantitative estimate of drug-likeness (QED) is 0.616. The normalized spacial score (nSPS) is 11.5. The summed E-state index contributed by atoms with van der Waals surface area (Å²) in [5, 5.41) is 8.69. The Balaban J connectivity index is 0.00000169. The summed E-state index contributed by atoms with van der Waals surface area (Å²) in [6.45, 7) is 5.11. The molecule has 1 rings (SSSR count). The van der Waals surface area contributed by atoms with Gasteiger partial charge in [0.1, 0.15) is 18.5 Å². The van der Waals surface area contributed by atoms with Crippen LogP contribution >= 0.6 is 0 Å². The van der Waals surface area contributed by atoms with Gasteiger partial charge in [0, 0.05) is 0 Å². The molecule has 1 aromatic heterocycles. The number of aryl methyl sites for hydroxylation is 1. The zero-order valence-electron chi connectivity index (χ0n) is 8.65. The van der Waals surface area contributed by atoms with E-state index in [0.29, 0.717) is 0 Å². The van der Waals surface area contributed by atoms with Gasteiger partial charge in [0.05, 0.1) is 6.54 Å². The van der Waals surface area contributed by atoms with E-state index in [2.05, 4.69) is 17.6 Å². The van der Waals surface area contributed by atoms with Gasteiger partial charge in [0.15, 0.2) is 6.04 Å². The molecule has 0 radical (unpaired) electrons. The molecule has 0 bridgehead atoms. The lowest BCUT2D eigenvalue weighted by Gasteiger charge is -1.95. The number of imidazole rings is 1. The number of rotatable bonds is 4. The van der Waals surface area contributed by atoms with E-state index in [0.717, 1.165) is 6.54 Å². The van der Waals surface area contributed by atoms with Crippen LogP contribution in [0.2, 0.25) is 0 Å². The fourth-order valence-corrected chi connectivity index (χ4v) is 1.18. The first-order valence-corrected chi connectivity index (χ1v) is 4.74. The Bertz CT molecular complexity index is 301. The van der Waals surface area contributed by atoms with Crippen molar-refractivity contribution in [3.63, 3.8) is 0 Å². The molecule has 0 fully saturated rings. The third-order valence-corrected chi connectivity index (χ3v) is 2.12. The average Bonchev–Trinajstić information content (AvgIpc) is 2.62. The molecule has 0 saturated carbocycles. The molecule has 0 aliphatic carbocycles. The van der Waals surface area contributed by atoms with Crippen molar-refractivity contribution < 1.29 is 21.5 Å². The van der Waals surface area contributed by atoms with Crippen molar-refractivity contribution in [2.24, 2.45) is 0 Å². The Morgan fingerprint density at radius 3 is 2.86 bits per heavy atom. The minimum atomic E-state index is -0.0668. The van der Waals surface area contributed by atoms with Gasteiger partial charge in [-0.15, -0.1) is 0 Å². The number of nitriles is 1. The molecule has 4 heteroatoms. The van der Waals surface area contributed by atoms with Crippen LogP contribution in [-0.2, 0) is 6.54 Å². The van der Waals surface area contributed by atoms with Crippen molar-refractivity contribution in [1.29, 1.82) is 5.26 Å². The Morgan fingerprint density at radius 2 is 2.29 bits per heavy atom. The molecule has 0 spiro atoms. The molecule has 14 heavy (non-hydrogen) atoms. The zero-order valence-corrected chi connectivity index (χ0v) is 10.2. The predicted octanol–water partition coefficient (Wildman–Crippen LogP) is -1.34. The predicted molar refractivity (Wildman–Crippen MR) is 49.9 cm³/mol. The highest BCUT2D eigenvalue weighted by Crippen LogP contribution is 2.00. The maximum absolute atomic E-state index is 8.69. The van der Waals surface area contributed by atoms with Crippen molar-refractivity contribution in [3.8, 4) is 6.07 Å². The van der Waals surface area contributed by atoms with E-state index in [1.165, 1.54) is 12.8 Å². The molecule has 0 amide bonds. The van der Waals surface area contributed by atoms with E-state index in [1.807, 2.05) is 30.2 Å². The van der Waals surface area contributed by atoms with E-state index in [1.54, 1.807) is 0 Å². The van der Waals surface area contributed by atoms with Crippen LogP contribution in [0.25, 0.3) is 0 Å². The topological polar surface area (TPSA) is 32.6 Å². The van der Waals surface area contributed by atoms with Crippen molar-refractivity contribution >= 4 is 0 Å². The van der Waals surface area contributed by atoms with Crippen LogP contribution in [0.1, 0.15) is 32.7 Å². The number of hydrogen-bond acceptors (Lipinski definition) is 1. The van der Waals surface area contributed by atoms with Gasteiger partial charge in [-0.2, -0.15) is 5.26 Å². The first kappa shape index (κ1) is 13.2. The minimum Gasteiger partial charge on any atom is -1.00 e. The third-order valence-electron chi connectivity index (χ3n) is 2.12. The van der Waals surface area contributed by atoms with Crippen LogP contribution in [0.15, 0.2) is 18.7 Å². The molecule has 0 aliphatic rings. The third kappa shape index (κ3) is 3.51. The Hall–Kier alpha value is -0.820. The largest absolute Gasteiger partial charge is 1.00 e. The summed E-state index contributed by atoms with van der Waals surface area (Å²) in [5.74, 6) is 0. The molecule has 0 aromatic carbocycles. The van der Waals surface area contributed by atoms with E-state index >= 15 is 0 Å². The SMILES string of the molecule is CCCC[n+]1ccn(C(C)C#N)c1.[Br-]. The van der Waals surface area contributed by atoms with E-state index < -0.39 is 0 Å². The zero-order chi connectivity index (χ0) is 9.68. The van der Waals surface area contributed by atoms with Crippen molar-refractivity contribution in [3.05, 3.63) is 18.7 Å². The Labute approximate surface area is 95.7 Å². The highest BCUT2D eigenvalue weighted by Gasteiger charge is 2.09. The van der Waals surface area contributed by atoms with Crippen LogP contribution in [0, 0.1) is 11.3 Å². The van der Waals surface area contributed by atoms with Gasteiger partial charge < -0.3 is 17.0 Å². The molecular formula is C10H16BrN3. The van der Waals surface area contributed by atoms with Crippen molar-refractivity contribution in [2.45, 2.75) is 39.3 Å². The summed E-state index contributed by atoms with van der Waals surface area (Å²) in [6, 6.07) is 2.13. The van der Waals surface area contributed by atoms with Gasteiger partial charge >= 0.3 is 0 Å². The monoisotopic (exact) mass is 257 g/mol. The highest BCUT2D eigenvalue weighted by molar-refractivity contribution is 4.87. The lowest BCUT2D eigenvalue weighted by Crippen LogP contribution is -3.00. The Morgan fingerprint density at radius 1 is 1.57 bits per heavy atom. The second kappa shape index (κ2) is 6.61. The molecule has 1 aromatic rings. The van der Waals surface area contributed by atoms with Gasteiger partial charge in [-0.3, -0.25) is 0 Å². The smallest absolute Gasteiger partial charge is 0.244 e. The summed E-state index contributed by atoms with van der Waals surface area (Å²) < 4.78 is 4.05. The molecule has 78 valence electrons. The molecule has 0 saturated heterocycles. The number of hydrogen-bond donors (Lipinski definition) is 0. The highest BCUT2D eigenvalue weighted by atomic mass is 79.9. The fourth-order valence-electron chi connectivity index (χ4n) is 1.18. The first-order valence-electron chi connectivity index (χ1n) is 4.74. The maximum atomic E-state index is 8.69. The Kier molecular flexibility index (Phi) is 6.22. The van der Waals surface area contributed by atoms with Gasteiger partial charge in [0.2, 0.25) is 6.33 Å². The lowest BCUT2D eigenvalue weighted by molar-refractivity contribution is -0.696. The number of nitrogens with zero attached hydrogens (tertiary/aromatic N) is 3. The maximum Gasteiger partial charge on any atom is 0.244 e. The summed E-state index contributed by atoms with van der Waals surface area (Å²) in [6.07, 6.45) is 8.35. The summed E-state index contributed by atoms with van der Waals surface area (Å²) in [5.41, 5.74) is 0. The minimum absolute atomic E-state index is 0. The van der Waals surface area contributed by atoms with E-state index in [9.17, 15) is 0 Å². The number of halogens is 1. The van der Waals surface area contributed by atoms with Crippen LogP contribution in [0.3, 0.4) is 0 Å². The summed E-state index contributed by atoms with van der Waals surface area (Å²) in [7, 11) is 0. The fraction of sp³-hybridized carbons (Fsp3) is 0.600. The van der Waals surface area contributed by atoms with Crippen molar-refractivity contribution in [1.82, 2.24) is 4.57 Å². The molecule has 0 aliphatic heterocycles. The molecule has 1 atom stereocenters. The van der Waals surface area contributed by atoms with Crippen LogP contribution in [0.4, 0.5) is 0 Å². The second-order valence-corrected chi connectivity index (χ2v) is 3.26. The summed E-state index contributed by atoms with van der Waals surface area (Å²) in [4.78, 5) is 0. The van der Waals surface area contributed by atoms with Crippen LogP contribution < -0.4 is 21.5 Å². The second-order valence-electron chi connectivity index (χ2n) is 3.26. The first-order chi connectivity index (χ1) is 6.27. The summed E-state index contributed by atoms with van der Waals surface area (Å²) >= 11 is 0.